The molecule has 0 atom stereocenters. The highest BCUT2D eigenvalue weighted by molar-refractivity contribution is 6.31. The number of methoxy groups -OCH3 is 1. The van der Waals surface area contributed by atoms with Crippen molar-refractivity contribution in [3.8, 4) is 67.5 Å². The molecule has 5 saturated heterocycles. The minimum Gasteiger partial charge on any atom is -0.387 e. The minimum absolute atomic E-state index is 0.00351. The summed E-state index contributed by atoms with van der Waals surface area (Å²) in [6.07, 6.45) is 13.4. The van der Waals surface area contributed by atoms with Gasteiger partial charge in [-0.15, -0.1) is 0 Å². The molecule has 5 aromatic carbocycles. The van der Waals surface area contributed by atoms with Crippen molar-refractivity contribution in [2.45, 2.75) is 44.9 Å². The Morgan fingerprint density at radius 3 is 1.36 bits per heavy atom. The predicted molar refractivity (Wildman–Crippen MR) is 475 cm³/mol. The quantitative estimate of drug-likeness (QED) is 0.0529. The topological polar surface area (TPSA) is 306 Å². The number of carbonyl (C=O) groups is 4. The molecule has 30 nitrogen and oxygen atoms in total. The van der Waals surface area contributed by atoms with Gasteiger partial charge in [0.2, 0.25) is 35.8 Å². The number of pyridine rings is 3. The van der Waals surface area contributed by atoms with Gasteiger partial charge in [0, 0.05) is 203 Å². The summed E-state index contributed by atoms with van der Waals surface area (Å²) >= 11 is 24.4. The largest absolute Gasteiger partial charge is 0.387 e. The molecule has 0 spiro atoms. The van der Waals surface area contributed by atoms with Crippen molar-refractivity contribution in [1.29, 1.82) is 0 Å². The number of ether oxygens (including phenoxy) is 2. The third-order valence-corrected chi connectivity index (χ3v) is 24.3. The molecule has 20 rings (SSSR count). The third-order valence-electron chi connectivity index (χ3n) is 23.3. The number of aliphatic hydroxyl groups is 1. The van der Waals surface area contributed by atoms with Crippen molar-refractivity contribution < 1.29 is 43.2 Å². The van der Waals surface area contributed by atoms with Crippen LogP contribution in [-0.4, -0.2) is 252 Å². The Bertz CT molecular complexity index is 6180. The molecule has 4 amide bonds. The lowest BCUT2D eigenvalue weighted by molar-refractivity contribution is -0.385. The molecule has 2 N–H and O–H groups in total. The van der Waals surface area contributed by atoms with Gasteiger partial charge in [-0.2, -0.15) is 4.98 Å². The Balaban J connectivity index is 0.000000118. The summed E-state index contributed by atoms with van der Waals surface area (Å²) < 4.78 is 23.2. The van der Waals surface area contributed by atoms with E-state index in [1.54, 1.807) is 32.4 Å². The minimum atomic E-state index is -0.434. The first-order chi connectivity index (χ1) is 60.9. The summed E-state index contributed by atoms with van der Waals surface area (Å²) in [5.74, 6) is 1.20. The smallest absolute Gasteiger partial charge is 0.286 e. The maximum atomic E-state index is 12.5. The van der Waals surface area contributed by atoms with Crippen molar-refractivity contribution in [3.63, 3.8) is 0 Å². The van der Waals surface area contributed by atoms with Gasteiger partial charge >= 0.3 is 0 Å². The monoisotopic (exact) mass is 1760 g/mol. The number of amides is 4. The number of nitrogens with zero attached hydrogens (tertiary/aromatic N) is 19. The van der Waals surface area contributed by atoms with Gasteiger partial charge in [-0.1, -0.05) is 130 Å². The molecule has 5 aliphatic heterocycles. The molecule has 14 heterocycles. The van der Waals surface area contributed by atoms with E-state index in [1.807, 2.05) is 137 Å². The van der Waals surface area contributed by atoms with Crippen molar-refractivity contribution in [1.82, 2.24) is 92.3 Å². The van der Waals surface area contributed by atoms with E-state index < -0.39 is 11.5 Å². The van der Waals surface area contributed by atoms with Crippen molar-refractivity contribution in [2.75, 3.05) is 132 Å². The molecule has 0 unspecified atom stereocenters. The first-order valence-electron chi connectivity index (χ1n) is 41.5. The number of imidazole rings is 4. The highest BCUT2D eigenvalue weighted by atomic mass is 35.5. The predicted octanol–water partition coefficient (Wildman–Crippen LogP) is 12.7. The fraction of sp³-hybridized carbons (Fsp3) is 0.308. The Morgan fingerprint density at radius 1 is 0.488 bits per heavy atom. The summed E-state index contributed by atoms with van der Waals surface area (Å²) in [5.41, 5.74) is 19.0. The molecule has 14 aromatic rings. The van der Waals surface area contributed by atoms with Gasteiger partial charge in [-0.3, -0.25) is 62.7 Å². The molecule has 0 radical (unpaired) electrons. The molecule has 125 heavy (non-hydrogen) atoms. The number of hydrogen-bond donors (Lipinski definition) is 2. The van der Waals surface area contributed by atoms with Gasteiger partial charge < -0.3 is 47.9 Å². The van der Waals surface area contributed by atoms with E-state index in [0.29, 0.717) is 118 Å². The van der Waals surface area contributed by atoms with E-state index in [9.17, 15) is 29.3 Å². The van der Waals surface area contributed by atoms with E-state index >= 15 is 0 Å². The lowest BCUT2D eigenvalue weighted by Gasteiger charge is -2.38. The van der Waals surface area contributed by atoms with E-state index in [2.05, 4.69) is 85.5 Å². The molecular formula is C91H90Cl4N20O10. The number of nitrogens with one attached hydrogen (secondary N) is 1. The molecule has 1 aliphatic carbocycles. The van der Waals surface area contributed by atoms with Gasteiger partial charge in [-0.25, -0.2) is 19.9 Å². The van der Waals surface area contributed by atoms with Crippen LogP contribution in [0.1, 0.15) is 47.2 Å². The molecule has 0 bridgehead atoms. The van der Waals surface area contributed by atoms with Crippen LogP contribution < -0.4 is 5.32 Å². The van der Waals surface area contributed by atoms with Crippen LogP contribution in [0.3, 0.4) is 0 Å². The molecule has 642 valence electrons. The standard InChI is InChI=1S/C26H25ClN4O2.C24H26ClN5O2.C21H22ClN5O4.C20H17ClN6O2/c27-22-9-6-20(7-10-22)26-23(17-29-12-14-30(15-13-29)25(33)18-32)31-16-21(8-11-24(31)28-26)19-4-2-1-3-5-19;25-19-5-3-17(4-6-19)23-21(30-12-20(16-1-2-16)26-11-22(30)27-23)13-28-7-9-29(10-8-28)24(31)18-14-32-15-18;1-31-14-20(28)25-10-8-24(9-11-25)13-18-21(15-2-4-16(22)5-3-15)23-19-7-6-17(27(29)30)12-26(18)19;21-15-4-1-13(2-5-15)19-16(10-26-8-7-22-18(28)11-26)27-9-14(3-6-17(27)24-19)20-23-12-29-25-20/h1-11,16,32H,12-15,17-18H2;3-6,11-12,16,18H,1-2,7-10,13-15H2;2-7,12H,8-11,13-14H2,1H3;1-6,9,12H,7-8,10-11H2,(H,22,28). The second kappa shape index (κ2) is 38.7. The molecule has 1 saturated carbocycles. The van der Waals surface area contributed by atoms with Crippen LogP contribution in [0.25, 0.3) is 90.1 Å². The number of rotatable bonds is 20. The highest BCUT2D eigenvalue weighted by Crippen LogP contribution is 2.40. The summed E-state index contributed by atoms with van der Waals surface area (Å²) in [6, 6.07) is 52.1. The second-order valence-corrected chi connectivity index (χ2v) is 33.3. The third kappa shape index (κ3) is 19.9. The molecular weight excluding hydrogens is 1670 g/mol. The zero-order valence-electron chi connectivity index (χ0n) is 68.5. The van der Waals surface area contributed by atoms with Crippen LogP contribution in [-0.2, 0) is 54.8 Å². The lowest BCUT2D eigenvalue weighted by Crippen LogP contribution is -2.53. The number of carbonyl (C=O) groups excluding carboxylic acids is 4. The number of aromatic nitrogens is 11. The first-order valence-corrected chi connectivity index (χ1v) is 43.0. The lowest BCUT2D eigenvalue weighted by atomic mass is 10.1. The number of aliphatic hydroxyl groups excluding tert-OH is 1. The van der Waals surface area contributed by atoms with Gasteiger partial charge in [0.15, 0.2) is 5.65 Å². The Hall–Kier alpha value is -11.9. The molecule has 34 heteroatoms. The van der Waals surface area contributed by atoms with Crippen LogP contribution in [0.2, 0.25) is 20.1 Å². The number of nitro groups is 1. The van der Waals surface area contributed by atoms with Crippen LogP contribution in [0, 0.1) is 16.0 Å². The van der Waals surface area contributed by atoms with Gasteiger partial charge in [0.25, 0.3) is 5.69 Å². The average Bonchev–Trinajstić information content (AvgIpc) is 1.62. The van der Waals surface area contributed by atoms with E-state index in [0.717, 1.165) is 159 Å². The normalized spacial score (nSPS) is 16.1. The maximum absolute atomic E-state index is 12.5. The molecule has 9 aromatic heterocycles. The van der Waals surface area contributed by atoms with Gasteiger partial charge in [-0.05, 0) is 103 Å². The molecule has 6 fully saturated rings. The SMILES string of the molecule is COCC(=O)N1CCN(Cc2c(-c3ccc(Cl)cc3)nc3ccc([N+](=O)[O-])cn23)CC1.O=C(C1COC1)N1CCN(Cc2c(-c3ccc(Cl)cc3)nc3cnc(C4CC4)cn23)CC1.O=C(CO)N1CCN(Cc2c(-c3ccc(Cl)cc3)nc3ccc(-c4ccccc4)cn23)CC1.O=C1CN(Cc2c(-c3ccc(Cl)cc3)nc3ccc(-c4ncon4)cn23)CCN1. The van der Waals surface area contributed by atoms with Crippen molar-refractivity contribution in [3.05, 3.63) is 260 Å². The van der Waals surface area contributed by atoms with Crippen LogP contribution in [0.4, 0.5) is 5.69 Å². The van der Waals surface area contributed by atoms with Gasteiger partial charge in [0.05, 0.1) is 94.2 Å². The highest BCUT2D eigenvalue weighted by Gasteiger charge is 2.35. The average molecular weight is 1770 g/mol. The van der Waals surface area contributed by atoms with Crippen molar-refractivity contribution >= 4 is 98.3 Å². The van der Waals surface area contributed by atoms with Crippen LogP contribution >= 0.6 is 46.4 Å². The Morgan fingerprint density at radius 2 is 0.920 bits per heavy atom. The Labute approximate surface area is 739 Å². The second-order valence-electron chi connectivity index (χ2n) is 31.6. The van der Waals surface area contributed by atoms with E-state index in [4.69, 9.17) is 85.4 Å². The fourth-order valence-electron chi connectivity index (χ4n) is 16.2. The number of piperazine rings is 4. The zero-order chi connectivity index (χ0) is 86.2. The Kier molecular flexibility index (Phi) is 26.4. The number of benzene rings is 5. The maximum Gasteiger partial charge on any atom is 0.286 e. The first kappa shape index (κ1) is 85.3. The zero-order valence-corrected chi connectivity index (χ0v) is 71.5. The van der Waals surface area contributed by atoms with Crippen LogP contribution in [0.5, 0.6) is 0 Å². The molecule has 6 aliphatic rings. The number of halogens is 4. The summed E-state index contributed by atoms with van der Waals surface area (Å²) in [6.45, 7) is 13.7. The van der Waals surface area contributed by atoms with Crippen molar-refractivity contribution in [2.24, 2.45) is 5.92 Å². The summed E-state index contributed by atoms with van der Waals surface area (Å²) in [7, 11) is 1.51. The summed E-state index contributed by atoms with van der Waals surface area (Å²) in [5, 5.41) is 30.0. The number of fused-ring (bicyclic) bond motifs is 4. The number of hydrogen-bond acceptors (Lipinski definition) is 21. The van der Waals surface area contributed by atoms with Crippen LogP contribution in [0.15, 0.2) is 206 Å². The van der Waals surface area contributed by atoms with Gasteiger partial charge in [0.1, 0.15) is 30.2 Å². The van der Waals surface area contributed by atoms with E-state index in [-0.39, 0.29) is 41.8 Å². The fourth-order valence-corrected chi connectivity index (χ4v) is 16.7. The van der Waals surface area contributed by atoms with E-state index in [1.165, 1.54) is 44.3 Å². The summed E-state index contributed by atoms with van der Waals surface area (Å²) in [4.78, 5) is 102.